The fraction of sp³-hybridized carbons (Fsp3) is 0.333. The van der Waals surface area contributed by atoms with Crippen LogP contribution in [0.15, 0.2) is 30.6 Å². The number of allylic oxidation sites excluding steroid dienone is 1. The van der Waals surface area contributed by atoms with E-state index in [9.17, 15) is 0 Å². The number of aromatic nitrogens is 3. The highest BCUT2D eigenvalue weighted by molar-refractivity contribution is 5.94. The van der Waals surface area contributed by atoms with Crippen molar-refractivity contribution in [3.05, 3.63) is 58.7 Å². The Hall–Kier alpha value is -2.46. The Morgan fingerprint density at radius 3 is 2.72 bits per heavy atom. The quantitative estimate of drug-likeness (QED) is 0.715. The Morgan fingerprint density at radius 1 is 1.20 bits per heavy atom. The van der Waals surface area contributed by atoms with Crippen LogP contribution in [0.2, 0.25) is 0 Å². The Bertz CT molecular complexity index is 967. The predicted octanol–water partition coefficient (Wildman–Crippen LogP) is 3.83. The number of hydrogen-bond donors (Lipinski definition) is 0. The zero-order chi connectivity index (χ0) is 17.6. The van der Waals surface area contributed by atoms with Gasteiger partial charge in [-0.2, -0.15) is 0 Å². The summed E-state index contributed by atoms with van der Waals surface area (Å²) in [5, 5.41) is 0. The van der Waals surface area contributed by atoms with Gasteiger partial charge in [0.15, 0.2) is 0 Å². The first kappa shape index (κ1) is 16.0. The molecule has 1 aliphatic rings. The summed E-state index contributed by atoms with van der Waals surface area (Å²) in [6.07, 6.45) is 7.06. The van der Waals surface area contributed by atoms with Gasteiger partial charge in [0.25, 0.3) is 0 Å². The fourth-order valence-electron chi connectivity index (χ4n) is 3.90. The van der Waals surface area contributed by atoms with Crippen LogP contribution in [0.25, 0.3) is 22.7 Å². The molecule has 1 aliphatic heterocycles. The van der Waals surface area contributed by atoms with Crippen LogP contribution in [-0.4, -0.2) is 33.0 Å². The van der Waals surface area contributed by atoms with Crippen molar-refractivity contribution in [2.75, 3.05) is 13.6 Å². The molecule has 0 amide bonds. The molecule has 0 bridgehead atoms. The zero-order valence-electron chi connectivity index (χ0n) is 15.4. The fourth-order valence-corrected chi connectivity index (χ4v) is 3.90. The minimum Gasteiger partial charge on any atom is -0.345 e. The molecule has 0 N–H and O–H groups in total. The van der Waals surface area contributed by atoms with Crippen LogP contribution in [0.1, 0.15) is 35.0 Å². The van der Waals surface area contributed by atoms with E-state index in [2.05, 4.69) is 66.7 Å². The highest BCUT2D eigenvalue weighted by atomic mass is 15.1. The molecular weight excluding hydrogens is 308 g/mol. The van der Waals surface area contributed by atoms with Crippen molar-refractivity contribution in [3.63, 3.8) is 0 Å². The van der Waals surface area contributed by atoms with E-state index in [1.165, 1.54) is 33.5 Å². The van der Waals surface area contributed by atoms with Crippen LogP contribution in [0.4, 0.5) is 0 Å². The maximum absolute atomic E-state index is 4.90. The zero-order valence-corrected chi connectivity index (χ0v) is 15.4. The highest BCUT2D eigenvalue weighted by Crippen LogP contribution is 2.32. The van der Waals surface area contributed by atoms with Gasteiger partial charge in [-0.15, -0.1) is 0 Å². The summed E-state index contributed by atoms with van der Waals surface area (Å²) in [6, 6.07) is 6.31. The van der Waals surface area contributed by atoms with Crippen molar-refractivity contribution in [1.82, 2.24) is 19.4 Å². The first-order valence-electron chi connectivity index (χ1n) is 8.79. The van der Waals surface area contributed by atoms with Crippen LogP contribution in [0, 0.1) is 6.92 Å². The molecule has 0 atom stereocenters. The van der Waals surface area contributed by atoms with Crippen LogP contribution in [-0.2, 0) is 20.0 Å². The second kappa shape index (κ2) is 6.12. The third-order valence-corrected chi connectivity index (χ3v) is 5.19. The first-order valence-corrected chi connectivity index (χ1v) is 8.79. The standard InChI is InChI=1S/C21H24N4/c1-14(16-5-8-22-9-6-16)11-17-12-15(2)23-20-18-13-24(3)10-7-19(18)25(4)21(17)20/h5-6,8-9,11-12H,7,10,13H2,1-4H3/b14-11+. The third-order valence-electron chi connectivity index (χ3n) is 5.19. The van der Waals surface area contributed by atoms with E-state index in [0.29, 0.717) is 0 Å². The molecule has 25 heavy (non-hydrogen) atoms. The molecule has 0 saturated heterocycles. The van der Waals surface area contributed by atoms with E-state index in [4.69, 9.17) is 4.98 Å². The molecule has 0 spiro atoms. The Morgan fingerprint density at radius 2 is 1.96 bits per heavy atom. The van der Waals surface area contributed by atoms with E-state index in [1.54, 1.807) is 0 Å². The van der Waals surface area contributed by atoms with Gasteiger partial charge in [0, 0.05) is 61.5 Å². The average Bonchev–Trinajstić information content (AvgIpc) is 2.87. The monoisotopic (exact) mass is 332 g/mol. The molecular formula is C21H24N4. The number of rotatable bonds is 2. The summed E-state index contributed by atoms with van der Waals surface area (Å²) in [4.78, 5) is 11.4. The lowest BCUT2D eigenvalue weighted by Crippen LogP contribution is -2.27. The van der Waals surface area contributed by atoms with Crippen molar-refractivity contribution in [3.8, 4) is 0 Å². The number of nitrogens with zero attached hydrogens (tertiary/aromatic N) is 4. The lowest BCUT2D eigenvalue weighted by molar-refractivity contribution is 0.310. The molecule has 0 fully saturated rings. The van der Waals surface area contributed by atoms with Gasteiger partial charge < -0.3 is 9.47 Å². The summed E-state index contributed by atoms with van der Waals surface area (Å²) in [5.74, 6) is 0. The molecule has 4 heterocycles. The molecule has 3 aromatic heterocycles. The van der Waals surface area contributed by atoms with Crippen LogP contribution >= 0.6 is 0 Å². The summed E-state index contributed by atoms with van der Waals surface area (Å²) < 4.78 is 2.36. The Kier molecular flexibility index (Phi) is 3.92. The van der Waals surface area contributed by atoms with Crippen LogP contribution < -0.4 is 0 Å². The number of hydrogen-bond acceptors (Lipinski definition) is 3. The van der Waals surface area contributed by atoms with Crippen molar-refractivity contribution >= 4 is 22.7 Å². The highest BCUT2D eigenvalue weighted by Gasteiger charge is 2.23. The molecule has 3 aromatic rings. The second-order valence-corrected chi connectivity index (χ2v) is 7.09. The summed E-state index contributed by atoms with van der Waals surface area (Å²) in [7, 11) is 4.37. The van der Waals surface area contributed by atoms with Gasteiger partial charge in [0.1, 0.15) is 0 Å². The second-order valence-electron chi connectivity index (χ2n) is 7.09. The van der Waals surface area contributed by atoms with Crippen LogP contribution in [0.5, 0.6) is 0 Å². The van der Waals surface area contributed by atoms with E-state index in [1.807, 2.05) is 12.4 Å². The van der Waals surface area contributed by atoms with Gasteiger partial charge in [0.05, 0.1) is 11.0 Å². The number of fused-ring (bicyclic) bond motifs is 3. The van der Waals surface area contributed by atoms with Crippen molar-refractivity contribution < 1.29 is 0 Å². The van der Waals surface area contributed by atoms with E-state index >= 15 is 0 Å². The molecule has 128 valence electrons. The van der Waals surface area contributed by atoms with Gasteiger partial charge in [-0.05, 0) is 56.3 Å². The lowest BCUT2D eigenvalue weighted by atomic mass is 10.0. The number of aryl methyl sites for hydroxylation is 2. The molecule has 0 aliphatic carbocycles. The number of likely N-dealkylation sites (N-methyl/N-ethyl adjacent to an activating group) is 1. The lowest BCUT2D eigenvalue weighted by Gasteiger charge is -2.23. The van der Waals surface area contributed by atoms with Crippen molar-refractivity contribution in [2.24, 2.45) is 7.05 Å². The van der Waals surface area contributed by atoms with Gasteiger partial charge >= 0.3 is 0 Å². The Balaban J connectivity index is 1.93. The van der Waals surface area contributed by atoms with E-state index in [0.717, 1.165) is 30.7 Å². The van der Waals surface area contributed by atoms with Gasteiger partial charge in [0.2, 0.25) is 0 Å². The number of pyridine rings is 2. The largest absolute Gasteiger partial charge is 0.345 e. The summed E-state index contributed by atoms with van der Waals surface area (Å²) in [5.41, 5.74) is 10.0. The van der Waals surface area contributed by atoms with Crippen molar-refractivity contribution in [1.29, 1.82) is 0 Å². The average molecular weight is 332 g/mol. The van der Waals surface area contributed by atoms with Gasteiger partial charge in [-0.3, -0.25) is 9.97 Å². The molecule has 0 saturated carbocycles. The molecule has 4 rings (SSSR count). The molecule has 4 nitrogen and oxygen atoms in total. The topological polar surface area (TPSA) is 34.0 Å². The van der Waals surface area contributed by atoms with E-state index < -0.39 is 0 Å². The minimum absolute atomic E-state index is 0.982. The molecule has 4 heteroatoms. The maximum atomic E-state index is 4.90. The Labute approximate surface area is 148 Å². The smallest absolute Gasteiger partial charge is 0.0938 e. The summed E-state index contributed by atoms with van der Waals surface area (Å²) in [6.45, 7) is 6.34. The summed E-state index contributed by atoms with van der Waals surface area (Å²) >= 11 is 0. The molecule has 0 aromatic carbocycles. The SMILES string of the molecule is C/C(=C\c1cc(C)nc2c3c(n(C)c12)CCN(C)C3)c1ccncc1. The normalized spacial score (nSPS) is 15.6. The van der Waals surface area contributed by atoms with Gasteiger partial charge in [-0.25, -0.2) is 0 Å². The van der Waals surface area contributed by atoms with Crippen molar-refractivity contribution in [2.45, 2.75) is 26.8 Å². The predicted molar refractivity (Wildman–Crippen MR) is 103 cm³/mol. The first-order chi connectivity index (χ1) is 12.0. The minimum atomic E-state index is 0.982. The maximum Gasteiger partial charge on any atom is 0.0938 e. The molecule has 0 unspecified atom stereocenters. The van der Waals surface area contributed by atoms with E-state index in [-0.39, 0.29) is 0 Å². The van der Waals surface area contributed by atoms with Crippen LogP contribution in [0.3, 0.4) is 0 Å². The molecule has 0 radical (unpaired) electrons. The van der Waals surface area contributed by atoms with Gasteiger partial charge in [-0.1, -0.05) is 0 Å². The third kappa shape index (κ3) is 2.76.